The maximum absolute atomic E-state index is 12.3. The number of thiazole rings is 1. The predicted molar refractivity (Wildman–Crippen MR) is 85.1 cm³/mol. The van der Waals surface area contributed by atoms with E-state index in [1.165, 1.54) is 24.3 Å². The lowest BCUT2D eigenvalue weighted by Gasteiger charge is -2.14. The van der Waals surface area contributed by atoms with Gasteiger partial charge >= 0.3 is 5.97 Å². The molecule has 0 bridgehead atoms. The number of halogens is 2. The molecule has 0 aliphatic heterocycles. The second kappa shape index (κ2) is 6.51. The highest BCUT2D eigenvalue weighted by molar-refractivity contribution is 7.89. The molecule has 0 radical (unpaired) electrons. The Morgan fingerprint density at radius 1 is 1.45 bits per heavy atom. The first kappa shape index (κ1) is 17.2. The van der Waals surface area contributed by atoms with E-state index in [0.29, 0.717) is 16.8 Å². The Balaban J connectivity index is 2.62. The van der Waals surface area contributed by atoms with E-state index in [0.717, 1.165) is 0 Å². The van der Waals surface area contributed by atoms with E-state index in [1.807, 2.05) is 4.72 Å². The zero-order chi connectivity index (χ0) is 16.5. The first-order valence-corrected chi connectivity index (χ1v) is 9.01. The van der Waals surface area contributed by atoms with E-state index in [-0.39, 0.29) is 14.9 Å². The first-order valence-electron chi connectivity index (χ1n) is 5.82. The number of hydrogen-bond acceptors (Lipinski definition) is 5. The summed E-state index contributed by atoms with van der Waals surface area (Å²) in [4.78, 5) is 14.4. The van der Waals surface area contributed by atoms with E-state index in [2.05, 4.69) is 4.98 Å². The number of carbonyl (C=O) groups is 1. The van der Waals surface area contributed by atoms with E-state index in [9.17, 15) is 13.2 Å². The summed E-state index contributed by atoms with van der Waals surface area (Å²) in [6.07, 6.45) is 0. The lowest BCUT2D eigenvalue weighted by Crippen LogP contribution is -2.30. The molecule has 1 aromatic heterocycles. The summed E-state index contributed by atoms with van der Waals surface area (Å²) in [5.41, 5.74) is 2.63. The number of hydrogen-bond donors (Lipinski definition) is 2. The molecule has 6 nitrogen and oxygen atoms in total. The van der Waals surface area contributed by atoms with Crippen LogP contribution in [0, 0.1) is 6.92 Å². The van der Waals surface area contributed by atoms with Gasteiger partial charge in [-0.05, 0) is 18.6 Å². The van der Waals surface area contributed by atoms with Gasteiger partial charge in [-0.1, -0.05) is 23.2 Å². The van der Waals surface area contributed by atoms with Gasteiger partial charge in [0.25, 0.3) is 0 Å². The highest BCUT2D eigenvalue weighted by Gasteiger charge is 2.26. The molecule has 1 heterocycles. The molecule has 1 aromatic carbocycles. The van der Waals surface area contributed by atoms with Crippen molar-refractivity contribution in [2.24, 2.45) is 0 Å². The van der Waals surface area contributed by atoms with Gasteiger partial charge in [0.1, 0.15) is 11.4 Å². The molecule has 22 heavy (non-hydrogen) atoms. The molecule has 2 rings (SSSR count). The summed E-state index contributed by atoms with van der Waals surface area (Å²) < 4.78 is 26.6. The molecule has 0 atom stereocenters. The van der Waals surface area contributed by atoms with Crippen molar-refractivity contribution in [3.8, 4) is 11.3 Å². The molecule has 2 N–H and O–H groups in total. The second-order valence-electron chi connectivity index (χ2n) is 4.29. The van der Waals surface area contributed by atoms with Crippen molar-refractivity contribution in [2.75, 3.05) is 6.54 Å². The third kappa shape index (κ3) is 3.41. The number of benzene rings is 1. The molecule has 0 fully saturated rings. The average Bonchev–Trinajstić information content (AvgIpc) is 2.89. The molecule has 0 saturated carbocycles. The third-order valence-electron chi connectivity index (χ3n) is 2.73. The van der Waals surface area contributed by atoms with Crippen LogP contribution in [0.3, 0.4) is 0 Å². The maximum Gasteiger partial charge on any atom is 0.318 e. The minimum atomic E-state index is -4.09. The number of aliphatic carboxylic acids is 1. The number of aromatic nitrogens is 1. The van der Waals surface area contributed by atoms with Gasteiger partial charge in [-0.25, -0.2) is 13.4 Å². The van der Waals surface area contributed by atoms with Gasteiger partial charge in [0.15, 0.2) is 0 Å². The molecule has 0 aliphatic rings. The van der Waals surface area contributed by atoms with Crippen molar-refractivity contribution in [1.29, 1.82) is 0 Å². The summed E-state index contributed by atoms with van der Waals surface area (Å²) in [7, 11) is -4.09. The molecule has 118 valence electrons. The van der Waals surface area contributed by atoms with E-state index < -0.39 is 22.5 Å². The fourth-order valence-electron chi connectivity index (χ4n) is 1.85. The minimum Gasteiger partial charge on any atom is -0.480 e. The molecular formula is C12H10Cl2N2O4S2. The van der Waals surface area contributed by atoms with Gasteiger partial charge in [-0.2, -0.15) is 4.72 Å². The summed E-state index contributed by atoms with van der Waals surface area (Å²) in [5, 5.41) is 10.5. The SMILES string of the molecule is Cc1cc(Cl)c(-c2cscn2)c(Cl)c1S(=O)(=O)NCC(=O)O. The number of carboxylic acid groups (broad SMARTS) is 1. The Morgan fingerprint density at radius 2 is 2.14 bits per heavy atom. The molecule has 0 saturated heterocycles. The molecule has 0 unspecified atom stereocenters. The van der Waals surface area contributed by atoms with Crippen molar-refractivity contribution < 1.29 is 18.3 Å². The second-order valence-corrected chi connectivity index (χ2v) is 7.49. The number of aryl methyl sites for hydroxylation is 1. The van der Waals surface area contributed by atoms with Crippen LogP contribution in [0.4, 0.5) is 0 Å². The standard InChI is InChI=1S/C12H10Cl2N2O4S2/c1-6-2-7(13)10(8-4-21-5-15-8)11(14)12(6)22(19,20)16-3-9(17)18/h2,4-5,16H,3H2,1H3,(H,17,18). The van der Waals surface area contributed by atoms with Crippen LogP contribution in [0.15, 0.2) is 21.9 Å². The summed E-state index contributed by atoms with van der Waals surface area (Å²) in [5.74, 6) is -1.30. The average molecular weight is 381 g/mol. The van der Waals surface area contributed by atoms with Crippen LogP contribution >= 0.6 is 34.5 Å². The Morgan fingerprint density at radius 3 is 2.68 bits per heavy atom. The van der Waals surface area contributed by atoms with Gasteiger partial charge in [0.2, 0.25) is 10.0 Å². The number of carboxylic acids is 1. The van der Waals surface area contributed by atoms with Crippen molar-refractivity contribution >= 4 is 50.5 Å². The minimum absolute atomic E-state index is 0.0891. The van der Waals surface area contributed by atoms with Gasteiger partial charge in [0.05, 0.1) is 21.2 Å². The van der Waals surface area contributed by atoms with Crippen molar-refractivity contribution in [3.63, 3.8) is 0 Å². The number of nitrogens with one attached hydrogen (secondary N) is 1. The van der Waals surface area contributed by atoms with Gasteiger partial charge < -0.3 is 5.11 Å². The van der Waals surface area contributed by atoms with E-state index in [4.69, 9.17) is 28.3 Å². The molecular weight excluding hydrogens is 371 g/mol. The van der Waals surface area contributed by atoms with E-state index >= 15 is 0 Å². The highest BCUT2D eigenvalue weighted by Crippen LogP contribution is 2.40. The molecule has 10 heteroatoms. The predicted octanol–water partition coefficient (Wildman–Crippen LogP) is 2.79. The number of nitrogens with zero attached hydrogens (tertiary/aromatic N) is 1. The van der Waals surface area contributed by atoms with Crippen molar-refractivity contribution in [3.05, 3.63) is 32.6 Å². The molecule has 0 aliphatic carbocycles. The monoisotopic (exact) mass is 380 g/mol. The summed E-state index contributed by atoms with van der Waals surface area (Å²) in [6.45, 7) is 0.782. The number of sulfonamides is 1. The molecule has 0 spiro atoms. The van der Waals surface area contributed by atoms with Crippen LogP contribution in [-0.4, -0.2) is 31.0 Å². The van der Waals surface area contributed by atoms with Crippen LogP contribution in [-0.2, 0) is 14.8 Å². The topological polar surface area (TPSA) is 96.4 Å². The highest BCUT2D eigenvalue weighted by atomic mass is 35.5. The fraction of sp³-hybridized carbons (Fsp3) is 0.167. The first-order chi connectivity index (χ1) is 10.2. The van der Waals surface area contributed by atoms with Gasteiger partial charge in [-0.3, -0.25) is 4.79 Å². The smallest absolute Gasteiger partial charge is 0.318 e. The van der Waals surface area contributed by atoms with Crippen LogP contribution in [0.2, 0.25) is 10.0 Å². The van der Waals surface area contributed by atoms with Crippen molar-refractivity contribution in [1.82, 2.24) is 9.71 Å². The molecule has 2 aromatic rings. The summed E-state index contributed by atoms with van der Waals surface area (Å²) >= 11 is 13.7. The zero-order valence-electron chi connectivity index (χ0n) is 11.1. The Kier molecular flexibility index (Phi) is 5.08. The van der Waals surface area contributed by atoms with Gasteiger partial charge in [-0.15, -0.1) is 11.3 Å². The fourth-order valence-corrected chi connectivity index (χ4v) is 4.73. The largest absolute Gasteiger partial charge is 0.480 e. The third-order valence-corrected chi connectivity index (χ3v) is 5.69. The quantitative estimate of drug-likeness (QED) is 0.830. The van der Waals surface area contributed by atoms with E-state index in [1.54, 1.807) is 10.9 Å². The Labute approximate surface area is 140 Å². The maximum atomic E-state index is 12.3. The van der Waals surface area contributed by atoms with Crippen LogP contribution < -0.4 is 4.72 Å². The zero-order valence-corrected chi connectivity index (χ0v) is 14.3. The normalized spacial score (nSPS) is 11.6. The Hall–Kier alpha value is -1.19. The van der Waals surface area contributed by atoms with Crippen LogP contribution in [0.25, 0.3) is 11.3 Å². The summed E-state index contributed by atoms with van der Waals surface area (Å²) in [6, 6.07) is 1.46. The lowest BCUT2D eigenvalue weighted by molar-refractivity contribution is -0.135. The van der Waals surface area contributed by atoms with Crippen molar-refractivity contribution in [2.45, 2.75) is 11.8 Å². The van der Waals surface area contributed by atoms with Gasteiger partial charge in [0, 0.05) is 10.9 Å². The van der Waals surface area contributed by atoms with Crippen LogP contribution in [0.1, 0.15) is 5.56 Å². The number of rotatable bonds is 5. The Bertz CT molecular complexity index is 820. The lowest BCUT2D eigenvalue weighted by atomic mass is 10.1. The van der Waals surface area contributed by atoms with Crippen LogP contribution in [0.5, 0.6) is 0 Å². The molecule has 0 amide bonds.